The van der Waals surface area contributed by atoms with Crippen LogP contribution < -0.4 is 10.6 Å². The second-order valence-electron chi connectivity index (χ2n) is 6.80. The Morgan fingerprint density at radius 2 is 1.70 bits per heavy atom. The Morgan fingerprint density at radius 1 is 1.09 bits per heavy atom. The third-order valence-electron chi connectivity index (χ3n) is 4.36. The summed E-state index contributed by atoms with van der Waals surface area (Å²) in [4.78, 5) is 25.7. The molecule has 2 N–H and O–H groups in total. The smallest absolute Gasteiger partial charge is 0.251 e. The van der Waals surface area contributed by atoms with Gasteiger partial charge in [-0.1, -0.05) is 6.42 Å². The quantitative estimate of drug-likeness (QED) is 0.877. The Hall–Kier alpha value is -1.88. The number of likely N-dealkylation sites (tertiary alicyclic amines) is 1. The summed E-state index contributed by atoms with van der Waals surface area (Å²) in [5.41, 5.74) is 1.27. The van der Waals surface area contributed by atoms with Gasteiger partial charge in [-0.2, -0.15) is 0 Å². The van der Waals surface area contributed by atoms with Crippen LogP contribution in [-0.4, -0.2) is 41.9 Å². The predicted octanol–water partition coefficient (Wildman–Crippen LogP) is 2.64. The van der Waals surface area contributed by atoms with Crippen molar-refractivity contribution in [3.63, 3.8) is 0 Å². The summed E-state index contributed by atoms with van der Waals surface area (Å²) >= 11 is 0. The van der Waals surface area contributed by atoms with Crippen molar-refractivity contribution >= 4 is 17.5 Å². The highest BCUT2D eigenvalue weighted by Gasteiger charge is 2.28. The van der Waals surface area contributed by atoms with E-state index in [1.807, 2.05) is 0 Å². The number of nitrogens with one attached hydrogen (secondary N) is 2. The fraction of sp³-hybridized carbons (Fsp3) is 0.556. The first-order valence-electron chi connectivity index (χ1n) is 8.29. The number of rotatable bonds is 5. The Kier molecular flexibility index (Phi) is 5.77. The number of hydrogen-bond donors (Lipinski definition) is 2. The van der Waals surface area contributed by atoms with E-state index in [4.69, 9.17) is 0 Å². The maximum atomic E-state index is 12.3. The second kappa shape index (κ2) is 7.59. The zero-order valence-electron chi connectivity index (χ0n) is 14.3. The third kappa shape index (κ3) is 5.06. The van der Waals surface area contributed by atoms with Crippen molar-refractivity contribution in [2.75, 3.05) is 25.0 Å². The fourth-order valence-corrected chi connectivity index (χ4v) is 2.92. The van der Waals surface area contributed by atoms with Gasteiger partial charge in [0.05, 0.1) is 0 Å². The van der Waals surface area contributed by atoms with Gasteiger partial charge in [-0.25, -0.2) is 0 Å². The highest BCUT2D eigenvalue weighted by atomic mass is 16.2. The molecule has 5 nitrogen and oxygen atoms in total. The minimum Gasteiger partial charge on any atom is -0.350 e. The summed E-state index contributed by atoms with van der Waals surface area (Å²) in [6.45, 7) is 8.65. The van der Waals surface area contributed by atoms with E-state index < -0.39 is 0 Å². The standard InChI is InChI=1S/C18H27N3O2/c1-14(22)20-16-9-7-15(8-10-16)17(23)19-13-18(2,3)21-11-5-4-6-12-21/h7-10H,4-6,11-13H2,1-3H3,(H,19,23)(H,20,22). The van der Waals surface area contributed by atoms with Gasteiger partial charge in [0.15, 0.2) is 0 Å². The molecule has 1 aromatic rings. The molecule has 0 atom stereocenters. The Bertz CT molecular complexity index is 546. The van der Waals surface area contributed by atoms with E-state index in [1.165, 1.54) is 26.2 Å². The summed E-state index contributed by atoms with van der Waals surface area (Å²) < 4.78 is 0. The average molecular weight is 317 g/mol. The lowest BCUT2D eigenvalue weighted by atomic mass is 9.98. The summed E-state index contributed by atoms with van der Waals surface area (Å²) in [5.74, 6) is -0.199. The molecule has 1 saturated heterocycles. The summed E-state index contributed by atoms with van der Waals surface area (Å²) in [6, 6.07) is 6.95. The lowest BCUT2D eigenvalue weighted by Gasteiger charge is -2.41. The molecule has 2 rings (SSSR count). The van der Waals surface area contributed by atoms with Crippen molar-refractivity contribution in [1.82, 2.24) is 10.2 Å². The van der Waals surface area contributed by atoms with E-state index >= 15 is 0 Å². The summed E-state index contributed by atoms with van der Waals surface area (Å²) in [6.07, 6.45) is 3.78. The molecule has 0 aliphatic carbocycles. The number of carbonyl (C=O) groups is 2. The van der Waals surface area contributed by atoms with Gasteiger partial charge in [-0.3, -0.25) is 14.5 Å². The number of anilines is 1. The average Bonchev–Trinajstić information content (AvgIpc) is 2.54. The zero-order chi connectivity index (χ0) is 16.9. The van der Waals surface area contributed by atoms with E-state index in [-0.39, 0.29) is 17.4 Å². The fourth-order valence-electron chi connectivity index (χ4n) is 2.92. The largest absolute Gasteiger partial charge is 0.350 e. The molecular formula is C18H27N3O2. The highest BCUT2D eigenvalue weighted by Crippen LogP contribution is 2.20. The van der Waals surface area contributed by atoms with Crippen molar-refractivity contribution in [2.24, 2.45) is 0 Å². The Morgan fingerprint density at radius 3 is 2.26 bits per heavy atom. The van der Waals surface area contributed by atoms with E-state index in [1.54, 1.807) is 24.3 Å². The van der Waals surface area contributed by atoms with Gasteiger partial charge in [0, 0.05) is 30.3 Å². The van der Waals surface area contributed by atoms with Crippen molar-refractivity contribution in [1.29, 1.82) is 0 Å². The van der Waals surface area contributed by atoms with Crippen LogP contribution in [0.5, 0.6) is 0 Å². The predicted molar refractivity (Wildman–Crippen MR) is 92.6 cm³/mol. The van der Waals surface area contributed by atoms with Crippen LogP contribution in [0.2, 0.25) is 0 Å². The van der Waals surface area contributed by atoms with Crippen LogP contribution in [0.1, 0.15) is 50.4 Å². The van der Waals surface area contributed by atoms with Crippen molar-refractivity contribution in [3.05, 3.63) is 29.8 Å². The summed E-state index contributed by atoms with van der Waals surface area (Å²) in [5, 5.41) is 5.72. The second-order valence-corrected chi connectivity index (χ2v) is 6.80. The zero-order valence-corrected chi connectivity index (χ0v) is 14.3. The van der Waals surface area contributed by atoms with Crippen LogP contribution in [0, 0.1) is 0 Å². The van der Waals surface area contributed by atoms with Crippen LogP contribution in [0.15, 0.2) is 24.3 Å². The SMILES string of the molecule is CC(=O)Nc1ccc(C(=O)NCC(C)(C)N2CCCCC2)cc1. The first-order chi connectivity index (χ1) is 10.9. The molecule has 23 heavy (non-hydrogen) atoms. The number of amides is 2. The van der Waals surface area contributed by atoms with Crippen LogP contribution in [0.25, 0.3) is 0 Å². The third-order valence-corrected chi connectivity index (χ3v) is 4.36. The Balaban J connectivity index is 1.89. The molecule has 1 aliphatic heterocycles. The van der Waals surface area contributed by atoms with E-state index in [0.29, 0.717) is 17.8 Å². The van der Waals surface area contributed by atoms with Gasteiger partial charge in [0.1, 0.15) is 0 Å². The number of piperidine rings is 1. The normalized spacial score (nSPS) is 16.0. The van der Waals surface area contributed by atoms with Crippen LogP contribution >= 0.6 is 0 Å². The molecule has 1 aromatic carbocycles. The van der Waals surface area contributed by atoms with Gasteiger partial charge >= 0.3 is 0 Å². The minimum absolute atomic E-state index is 0.0355. The lowest BCUT2D eigenvalue weighted by molar-refractivity contribution is -0.114. The van der Waals surface area contributed by atoms with Gasteiger partial charge < -0.3 is 10.6 Å². The maximum Gasteiger partial charge on any atom is 0.251 e. The number of nitrogens with zero attached hydrogens (tertiary/aromatic N) is 1. The van der Waals surface area contributed by atoms with E-state index in [9.17, 15) is 9.59 Å². The molecule has 1 aliphatic rings. The molecule has 1 fully saturated rings. The lowest BCUT2D eigenvalue weighted by Crippen LogP contribution is -2.53. The van der Waals surface area contributed by atoms with Crippen LogP contribution in [0.3, 0.4) is 0 Å². The van der Waals surface area contributed by atoms with E-state index in [2.05, 4.69) is 29.4 Å². The molecule has 126 valence electrons. The molecule has 0 spiro atoms. The topological polar surface area (TPSA) is 61.4 Å². The van der Waals surface area contributed by atoms with Gasteiger partial charge in [0.2, 0.25) is 5.91 Å². The van der Waals surface area contributed by atoms with E-state index in [0.717, 1.165) is 13.1 Å². The molecule has 2 amide bonds. The number of carbonyl (C=O) groups excluding carboxylic acids is 2. The summed E-state index contributed by atoms with van der Waals surface area (Å²) in [7, 11) is 0. The van der Waals surface area contributed by atoms with Crippen molar-refractivity contribution in [2.45, 2.75) is 45.6 Å². The first-order valence-corrected chi connectivity index (χ1v) is 8.29. The van der Waals surface area contributed by atoms with Crippen molar-refractivity contribution in [3.8, 4) is 0 Å². The molecule has 0 saturated carbocycles. The van der Waals surface area contributed by atoms with Gasteiger partial charge in [-0.05, 0) is 64.0 Å². The molecule has 0 aromatic heterocycles. The van der Waals surface area contributed by atoms with Gasteiger partial charge in [0.25, 0.3) is 5.91 Å². The highest BCUT2D eigenvalue weighted by molar-refractivity contribution is 5.95. The maximum absolute atomic E-state index is 12.3. The molecule has 0 unspecified atom stereocenters. The number of benzene rings is 1. The molecular weight excluding hydrogens is 290 g/mol. The van der Waals surface area contributed by atoms with Crippen molar-refractivity contribution < 1.29 is 9.59 Å². The molecule has 0 radical (unpaired) electrons. The molecule has 5 heteroatoms. The molecule has 1 heterocycles. The van der Waals surface area contributed by atoms with Crippen LogP contribution in [-0.2, 0) is 4.79 Å². The molecule has 0 bridgehead atoms. The minimum atomic E-state index is -0.120. The van der Waals surface area contributed by atoms with Gasteiger partial charge in [-0.15, -0.1) is 0 Å². The first kappa shape index (κ1) is 17.5. The Labute approximate surface area is 138 Å². The number of hydrogen-bond acceptors (Lipinski definition) is 3. The monoisotopic (exact) mass is 317 g/mol. The van der Waals surface area contributed by atoms with Crippen LogP contribution in [0.4, 0.5) is 5.69 Å².